The standard InChI is InChI=1S/C16H21O4P/c1-4-18-21(17,19-5-2)20-12-14-11-10-13(3)15-8-6-7-9-16(14)15/h6-11H,4-5,12H2,1-3H3. The zero-order valence-corrected chi connectivity index (χ0v) is 13.6. The van der Waals surface area contributed by atoms with E-state index in [4.69, 9.17) is 13.6 Å². The van der Waals surface area contributed by atoms with Crippen molar-refractivity contribution in [2.24, 2.45) is 0 Å². The highest BCUT2D eigenvalue weighted by Gasteiger charge is 2.25. The van der Waals surface area contributed by atoms with Crippen molar-refractivity contribution >= 4 is 18.6 Å². The predicted octanol–water partition coefficient (Wildman–Crippen LogP) is 4.85. The first-order valence-corrected chi connectivity index (χ1v) is 8.56. The predicted molar refractivity (Wildman–Crippen MR) is 84.3 cm³/mol. The summed E-state index contributed by atoms with van der Waals surface area (Å²) >= 11 is 0. The summed E-state index contributed by atoms with van der Waals surface area (Å²) in [5, 5.41) is 2.26. The fourth-order valence-corrected chi connectivity index (χ4v) is 3.37. The Kier molecular flexibility index (Phi) is 5.54. The lowest BCUT2D eigenvalue weighted by Crippen LogP contribution is -2.01. The van der Waals surface area contributed by atoms with Crippen molar-refractivity contribution < 1.29 is 18.1 Å². The molecule has 2 aromatic carbocycles. The third-order valence-electron chi connectivity index (χ3n) is 3.18. The smallest absolute Gasteiger partial charge is 0.287 e. The molecule has 0 aliphatic rings. The van der Waals surface area contributed by atoms with Crippen LogP contribution in [0.5, 0.6) is 0 Å². The van der Waals surface area contributed by atoms with E-state index in [0.717, 1.165) is 10.9 Å². The van der Waals surface area contributed by atoms with Crippen LogP contribution in [0, 0.1) is 6.92 Å². The van der Waals surface area contributed by atoms with Gasteiger partial charge in [-0.15, -0.1) is 0 Å². The molecular weight excluding hydrogens is 287 g/mol. The first-order valence-electron chi connectivity index (χ1n) is 7.10. The summed E-state index contributed by atoms with van der Waals surface area (Å²) in [4.78, 5) is 0. The Balaban J connectivity index is 2.24. The number of rotatable bonds is 7. The van der Waals surface area contributed by atoms with Crippen LogP contribution in [0.15, 0.2) is 36.4 Å². The Morgan fingerprint density at radius 2 is 1.52 bits per heavy atom. The monoisotopic (exact) mass is 308 g/mol. The Morgan fingerprint density at radius 3 is 2.14 bits per heavy atom. The van der Waals surface area contributed by atoms with E-state index in [2.05, 4.69) is 13.0 Å². The minimum Gasteiger partial charge on any atom is -0.287 e. The van der Waals surface area contributed by atoms with Gasteiger partial charge in [-0.1, -0.05) is 36.4 Å². The number of hydrogen-bond donors (Lipinski definition) is 0. The number of aryl methyl sites for hydroxylation is 1. The Hall–Kier alpha value is -1.19. The Bertz CT molecular complexity index is 644. The van der Waals surface area contributed by atoms with Crippen LogP contribution in [0.2, 0.25) is 0 Å². The fourth-order valence-electron chi connectivity index (χ4n) is 2.21. The van der Waals surface area contributed by atoms with Crippen molar-refractivity contribution in [2.75, 3.05) is 13.2 Å². The summed E-state index contributed by atoms with van der Waals surface area (Å²) in [7, 11) is -3.47. The van der Waals surface area contributed by atoms with E-state index in [9.17, 15) is 4.57 Å². The van der Waals surface area contributed by atoms with Crippen LogP contribution in [-0.2, 0) is 24.7 Å². The molecule has 0 amide bonds. The van der Waals surface area contributed by atoms with Gasteiger partial charge in [0.05, 0.1) is 19.8 Å². The maximum absolute atomic E-state index is 12.3. The highest BCUT2D eigenvalue weighted by molar-refractivity contribution is 7.48. The van der Waals surface area contributed by atoms with E-state index in [1.807, 2.05) is 30.3 Å². The number of hydrogen-bond acceptors (Lipinski definition) is 4. The molecule has 0 bridgehead atoms. The molecule has 0 fully saturated rings. The molecule has 2 rings (SSSR count). The minimum atomic E-state index is -3.47. The van der Waals surface area contributed by atoms with Crippen LogP contribution < -0.4 is 0 Å². The molecule has 0 aliphatic carbocycles. The van der Waals surface area contributed by atoms with Gasteiger partial charge in [-0.3, -0.25) is 13.6 Å². The molecule has 21 heavy (non-hydrogen) atoms. The summed E-state index contributed by atoms with van der Waals surface area (Å²) in [6.07, 6.45) is 0. The molecule has 0 spiro atoms. The molecule has 0 aliphatic heterocycles. The van der Waals surface area contributed by atoms with Crippen molar-refractivity contribution in [1.29, 1.82) is 0 Å². The van der Waals surface area contributed by atoms with Gasteiger partial charge in [0.1, 0.15) is 0 Å². The zero-order valence-electron chi connectivity index (χ0n) is 12.7. The van der Waals surface area contributed by atoms with Crippen LogP contribution in [0.3, 0.4) is 0 Å². The SMILES string of the molecule is CCOP(=O)(OCC)OCc1ccc(C)c2ccccc12. The third-order valence-corrected chi connectivity index (χ3v) is 4.78. The topological polar surface area (TPSA) is 44.8 Å². The van der Waals surface area contributed by atoms with Gasteiger partial charge in [0.2, 0.25) is 0 Å². The third kappa shape index (κ3) is 3.92. The van der Waals surface area contributed by atoms with Crippen LogP contribution in [-0.4, -0.2) is 13.2 Å². The van der Waals surface area contributed by atoms with Crippen LogP contribution in [0.1, 0.15) is 25.0 Å². The number of fused-ring (bicyclic) bond motifs is 1. The van der Waals surface area contributed by atoms with Crippen molar-refractivity contribution in [2.45, 2.75) is 27.4 Å². The Morgan fingerprint density at radius 1 is 0.905 bits per heavy atom. The van der Waals surface area contributed by atoms with Gasteiger partial charge in [0.15, 0.2) is 0 Å². The fraction of sp³-hybridized carbons (Fsp3) is 0.375. The van der Waals surface area contributed by atoms with Gasteiger partial charge in [-0.05, 0) is 42.7 Å². The zero-order chi connectivity index (χ0) is 15.3. The first-order chi connectivity index (χ1) is 10.1. The lowest BCUT2D eigenvalue weighted by molar-refractivity contribution is 0.116. The lowest BCUT2D eigenvalue weighted by atomic mass is 10.0. The summed E-state index contributed by atoms with van der Waals surface area (Å²) in [5.41, 5.74) is 2.17. The number of phosphoric acid groups is 1. The molecule has 0 aromatic heterocycles. The van der Waals surface area contributed by atoms with Crippen molar-refractivity contribution in [3.8, 4) is 0 Å². The molecule has 0 radical (unpaired) electrons. The molecule has 0 atom stereocenters. The molecule has 0 saturated carbocycles. The lowest BCUT2D eigenvalue weighted by Gasteiger charge is -2.17. The highest BCUT2D eigenvalue weighted by atomic mass is 31.2. The van der Waals surface area contributed by atoms with Crippen LogP contribution in [0.4, 0.5) is 0 Å². The van der Waals surface area contributed by atoms with E-state index in [0.29, 0.717) is 0 Å². The van der Waals surface area contributed by atoms with Crippen LogP contribution >= 0.6 is 7.82 Å². The second-order valence-corrected chi connectivity index (χ2v) is 6.31. The molecule has 5 heteroatoms. The van der Waals surface area contributed by atoms with E-state index in [1.165, 1.54) is 10.9 Å². The molecular formula is C16H21O4P. The maximum atomic E-state index is 12.3. The molecule has 114 valence electrons. The summed E-state index contributed by atoms with van der Waals surface area (Å²) < 4.78 is 28.1. The van der Waals surface area contributed by atoms with Crippen molar-refractivity contribution in [1.82, 2.24) is 0 Å². The summed E-state index contributed by atoms with van der Waals surface area (Å²) in [6, 6.07) is 12.1. The first kappa shape index (κ1) is 16.2. The minimum absolute atomic E-state index is 0.193. The molecule has 0 unspecified atom stereocenters. The van der Waals surface area contributed by atoms with Gasteiger partial charge < -0.3 is 0 Å². The summed E-state index contributed by atoms with van der Waals surface area (Å²) in [5.74, 6) is 0. The quantitative estimate of drug-likeness (QED) is 0.686. The Labute approximate surface area is 125 Å². The average molecular weight is 308 g/mol. The van der Waals surface area contributed by atoms with Gasteiger partial charge in [-0.2, -0.15) is 0 Å². The second-order valence-electron chi connectivity index (χ2n) is 4.64. The van der Waals surface area contributed by atoms with Gasteiger partial charge in [0, 0.05) is 0 Å². The molecule has 0 N–H and O–H groups in total. The number of phosphoric ester groups is 1. The van der Waals surface area contributed by atoms with Crippen molar-refractivity contribution in [3.63, 3.8) is 0 Å². The molecule has 2 aromatic rings. The number of benzene rings is 2. The van der Waals surface area contributed by atoms with E-state index >= 15 is 0 Å². The molecule has 4 nitrogen and oxygen atoms in total. The summed E-state index contributed by atoms with van der Waals surface area (Å²) in [6.45, 7) is 6.35. The van der Waals surface area contributed by atoms with Gasteiger partial charge >= 0.3 is 7.82 Å². The second kappa shape index (κ2) is 7.19. The van der Waals surface area contributed by atoms with E-state index in [1.54, 1.807) is 13.8 Å². The van der Waals surface area contributed by atoms with Crippen LogP contribution in [0.25, 0.3) is 10.8 Å². The van der Waals surface area contributed by atoms with E-state index < -0.39 is 7.82 Å². The highest BCUT2D eigenvalue weighted by Crippen LogP contribution is 2.50. The molecule has 0 saturated heterocycles. The van der Waals surface area contributed by atoms with E-state index in [-0.39, 0.29) is 19.8 Å². The normalized spacial score (nSPS) is 12.0. The maximum Gasteiger partial charge on any atom is 0.475 e. The van der Waals surface area contributed by atoms with Gasteiger partial charge in [0.25, 0.3) is 0 Å². The van der Waals surface area contributed by atoms with Gasteiger partial charge in [-0.25, -0.2) is 4.57 Å². The molecule has 0 heterocycles. The average Bonchev–Trinajstić information content (AvgIpc) is 2.47. The largest absolute Gasteiger partial charge is 0.475 e. The van der Waals surface area contributed by atoms with Crippen molar-refractivity contribution in [3.05, 3.63) is 47.5 Å².